The monoisotopic (exact) mass is 368 g/mol. The Morgan fingerprint density at radius 3 is 2.65 bits per heavy atom. The van der Waals surface area contributed by atoms with Crippen LogP contribution in [0.25, 0.3) is 5.53 Å². The smallest absolute Gasteiger partial charge is 0.441 e. The van der Waals surface area contributed by atoms with Gasteiger partial charge in [0.25, 0.3) is 5.78 Å². The fourth-order valence-corrected chi connectivity index (χ4v) is 2.52. The Morgan fingerprint density at radius 2 is 2.08 bits per heavy atom. The molecule has 2 atom stereocenters. The molecule has 0 fully saturated rings. The zero-order chi connectivity index (χ0) is 19.4. The van der Waals surface area contributed by atoms with Gasteiger partial charge in [-0.05, 0) is 12.1 Å². The van der Waals surface area contributed by atoms with Gasteiger partial charge in [-0.15, -0.1) is 0 Å². The summed E-state index contributed by atoms with van der Waals surface area (Å²) in [5, 5.41) is 0. The molecule has 0 spiro atoms. The summed E-state index contributed by atoms with van der Waals surface area (Å²) in [6.07, 6.45) is -1.31. The van der Waals surface area contributed by atoms with Gasteiger partial charge in [-0.1, -0.05) is 13.0 Å². The number of methoxy groups -OCH3 is 1. The summed E-state index contributed by atoms with van der Waals surface area (Å²) in [5.41, 5.74) is 7.86. The van der Waals surface area contributed by atoms with Crippen molar-refractivity contribution in [3.05, 3.63) is 29.3 Å². The predicted octanol–water partition coefficient (Wildman–Crippen LogP) is 1.67. The van der Waals surface area contributed by atoms with Crippen molar-refractivity contribution in [1.29, 1.82) is 0 Å². The standard InChI is InChI=1S/C16H14F2N2O6/c1-7(14(22)13(20-19)15(23)24-2)11-6-8(21)12-9(25-11)4-3-5-10(12)26-16(17)18/h3-5,7,11,16H,6H2,1-2H3/t7-,11+/m1/s1. The number of Topliss-reactive ketones (excluding diaryl/α,β-unsaturated/α-hetero) is 2. The molecular formula is C16H14F2N2O6. The molecule has 8 nitrogen and oxygen atoms in total. The van der Waals surface area contributed by atoms with E-state index in [4.69, 9.17) is 10.3 Å². The molecule has 2 rings (SSSR count). The first-order chi connectivity index (χ1) is 12.3. The van der Waals surface area contributed by atoms with Crippen LogP contribution in [0, 0.1) is 5.92 Å². The quantitative estimate of drug-likeness (QED) is 0.248. The number of rotatable bonds is 6. The van der Waals surface area contributed by atoms with E-state index in [1.165, 1.54) is 25.1 Å². The maximum Gasteiger partial charge on any atom is 0.441 e. The molecular weight excluding hydrogens is 354 g/mol. The zero-order valence-corrected chi connectivity index (χ0v) is 13.8. The van der Waals surface area contributed by atoms with Gasteiger partial charge in [-0.3, -0.25) is 9.59 Å². The second-order valence-corrected chi connectivity index (χ2v) is 5.38. The Balaban J connectivity index is 2.28. The summed E-state index contributed by atoms with van der Waals surface area (Å²) in [7, 11) is 1.01. The second-order valence-electron chi connectivity index (χ2n) is 5.38. The predicted molar refractivity (Wildman–Crippen MR) is 81.3 cm³/mol. The molecule has 0 bridgehead atoms. The number of esters is 1. The number of carbonyl (C=O) groups is 3. The molecule has 1 aromatic carbocycles. The lowest BCUT2D eigenvalue weighted by Gasteiger charge is -2.29. The van der Waals surface area contributed by atoms with Crippen molar-refractivity contribution >= 4 is 23.2 Å². The minimum atomic E-state index is -3.11. The van der Waals surface area contributed by atoms with Crippen LogP contribution in [0.3, 0.4) is 0 Å². The molecule has 0 unspecified atom stereocenters. The number of hydrogen-bond acceptors (Lipinski definition) is 6. The molecule has 1 aromatic rings. The minimum Gasteiger partial charge on any atom is -0.488 e. The topological polar surface area (TPSA) is 115 Å². The van der Waals surface area contributed by atoms with E-state index in [1.807, 2.05) is 0 Å². The Hall–Kier alpha value is -3.13. The van der Waals surface area contributed by atoms with Gasteiger partial charge >= 0.3 is 18.3 Å². The van der Waals surface area contributed by atoms with Crippen molar-refractivity contribution in [3.63, 3.8) is 0 Å². The number of fused-ring (bicyclic) bond motifs is 1. The molecule has 0 saturated heterocycles. The number of carbonyl (C=O) groups excluding carboxylic acids is 3. The van der Waals surface area contributed by atoms with Gasteiger partial charge < -0.3 is 19.7 Å². The fraction of sp³-hybridized carbons (Fsp3) is 0.375. The zero-order valence-electron chi connectivity index (χ0n) is 13.8. The second kappa shape index (κ2) is 7.83. The van der Waals surface area contributed by atoms with Crippen molar-refractivity contribution < 1.29 is 42.2 Å². The summed E-state index contributed by atoms with van der Waals surface area (Å²) in [5.74, 6) is -3.98. The Kier molecular flexibility index (Phi) is 5.78. The van der Waals surface area contributed by atoms with Crippen molar-refractivity contribution in [2.75, 3.05) is 7.11 Å². The molecule has 1 aliphatic rings. The van der Waals surface area contributed by atoms with E-state index in [0.29, 0.717) is 0 Å². The van der Waals surface area contributed by atoms with E-state index < -0.39 is 41.9 Å². The first kappa shape index (κ1) is 19.2. The maximum atomic E-state index is 12.5. The van der Waals surface area contributed by atoms with Gasteiger partial charge in [0.15, 0.2) is 5.78 Å². The normalized spacial score (nSPS) is 16.8. The summed E-state index contributed by atoms with van der Waals surface area (Å²) in [6.45, 7) is -1.74. The van der Waals surface area contributed by atoms with Crippen LogP contribution in [0.2, 0.25) is 0 Å². The Morgan fingerprint density at radius 1 is 1.38 bits per heavy atom. The summed E-state index contributed by atoms with van der Waals surface area (Å²) in [6, 6.07) is 3.93. The van der Waals surface area contributed by atoms with Gasteiger partial charge in [0.1, 0.15) is 23.2 Å². The molecule has 1 aliphatic heterocycles. The van der Waals surface area contributed by atoms with Crippen molar-refractivity contribution in [2.24, 2.45) is 5.92 Å². The number of ketones is 2. The largest absolute Gasteiger partial charge is 0.488 e. The van der Waals surface area contributed by atoms with E-state index >= 15 is 0 Å². The first-order valence-electron chi connectivity index (χ1n) is 7.42. The van der Waals surface area contributed by atoms with Crippen molar-refractivity contribution in [1.82, 2.24) is 0 Å². The number of benzene rings is 1. The molecule has 138 valence electrons. The highest BCUT2D eigenvalue weighted by Crippen LogP contribution is 2.37. The molecule has 0 amide bonds. The SMILES string of the molecule is COC(=O)C(=[N+]=[N-])C(=O)[C@H](C)[C@@H]1CC(=O)c2c(OC(F)F)cccc2O1. The van der Waals surface area contributed by atoms with E-state index in [1.54, 1.807) is 0 Å². The van der Waals surface area contributed by atoms with Crippen LogP contribution in [-0.4, -0.2) is 47.9 Å². The molecule has 26 heavy (non-hydrogen) atoms. The van der Waals surface area contributed by atoms with Crippen LogP contribution in [-0.2, 0) is 14.3 Å². The molecule has 0 N–H and O–H groups in total. The molecule has 10 heteroatoms. The summed E-state index contributed by atoms with van der Waals surface area (Å²) in [4.78, 5) is 38.8. The Bertz CT molecular complexity index is 804. The van der Waals surface area contributed by atoms with Crippen molar-refractivity contribution in [2.45, 2.75) is 26.1 Å². The van der Waals surface area contributed by atoms with Gasteiger partial charge in [0, 0.05) is 6.42 Å². The van der Waals surface area contributed by atoms with Crippen LogP contribution in [0.15, 0.2) is 18.2 Å². The van der Waals surface area contributed by atoms with Gasteiger partial charge in [-0.2, -0.15) is 13.6 Å². The molecule has 1 heterocycles. The number of ether oxygens (including phenoxy) is 3. The number of halogens is 2. The van der Waals surface area contributed by atoms with Crippen LogP contribution in [0.5, 0.6) is 11.5 Å². The van der Waals surface area contributed by atoms with Crippen molar-refractivity contribution in [3.8, 4) is 11.5 Å². The van der Waals surface area contributed by atoms with Gasteiger partial charge in [0.2, 0.25) is 0 Å². The van der Waals surface area contributed by atoms with E-state index in [9.17, 15) is 23.2 Å². The van der Waals surface area contributed by atoms with E-state index in [0.717, 1.165) is 7.11 Å². The van der Waals surface area contributed by atoms with Crippen LogP contribution < -0.4 is 9.47 Å². The first-order valence-corrected chi connectivity index (χ1v) is 7.42. The van der Waals surface area contributed by atoms with E-state index in [-0.39, 0.29) is 23.5 Å². The van der Waals surface area contributed by atoms with E-state index in [2.05, 4.69) is 14.3 Å². The summed E-state index contributed by atoms with van der Waals surface area (Å²) < 4.78 is 39.2. The van der Waals surface area contributed by atoms with Crippen LogP contribution in [0.4, 0.5) is 8.78 Å². The molecule has 0 radical (unpaired) electrons. The average molecular weight is 368 g/mol. The minimum absolute atomic E-state index is 0.0235. The van der Waals surface area contributed by atoms with Crippen LogP contribution >= 0.6 is 0 Å². The van der Waals surface area contributed by atoms with Crippen LogP contribution in [0.1, 0.15) is 23.7 Å². The number of alkyl halides is 2. The fourth-order valence-electron chi connectivity index (χ4n) is 2.52. The maximum absolute atomic E-state index is 12.5. The molecule has 0 aliphatic carbocycles. The average Bonchev–Trinajstić information content (AvgIpc) is 2.60. The van der Waals surface area contributed by atoms with Gasteiger partial charge in [0.05, 0.1) is 13.0 Å². The third-order valence-corrected chi connectivity index (χ3v) is 3.83. The Labute approximate surface area is 146 Å². The lowest BCUT2D eigenvalue weighted by Crippen LogP contribution is -2.41. The third-order valence-electron chi connectivity index (χ3n) is 3.83. The molecule has 0 saturated carbocycles. The lowest BCUT2D eigenvalue weighted by molar-refractivity contribution is -0.140. The highest BCUT2D eigenvalue weighted by Gasteiger charge is 2.42. The third kappa shape index (κ3) is 3.75. The number of nitrogens with zero attached hydrogens (tertiary/aromatic N) is 2. The lowest BCUT2D eigenvalue weighted by atomic mass is 9.89. The summed E-state index contributed by atoms with van der Waals surface area (Å²) >= 11 is 0. The molecule has 0 aromatic heterocycles. The highest BCUT2D eigenvalue weighted by molar-refractivity contribution is 6.62. The van der Waals surface area contributed by atoms with Gasteiger partial charge in [-0.25, -0.2) is 4.79 Å². The highest BCUT2D eigenvalue weighted by atomic mass is 19.3. The number of hydrogen-bond donors (Lipinski definition) is 0.